The van der Waals surface area contributed by atoms with Crippen LogP contribution in [0.2, 0.25) is 0 Å². The van der Waals surface area contributed by atoms with Crippen molar-refractivity contribution in [1.29, 1.82) is 0 Å². The molecule has 1 saturated heterocycles. The summed E-state index contributed by atoms with van der Waals surface area (Å²) in [6, 6.07) is 15.8. The Morgan fingerprint density at radius 1 is 1.19 bits per heavy atom. The average molecular weight is 385 g/mol. The first-order valence-corrected chi connectivity index (χ1v) is 9.50. The van der Waals surface area contributed by atoms with E-state index in [9.17, 15) is 15.0 Å². The van der Waals surface area contributed by atoms with Crippen molar-refractivity contribution in [2.75, 3.05) is 13.1 Å². The van der Waals surface area contributed by atoms with Crippen LogP contribution in [0.25, 0.3) is 0 Å². The largest absolute Gasteiger partial charge is 0.508 e. The van der Waals surface area contributed by atoms with Gasteiger partial charge in [-0.15, -0.1) is 0 Å². The van der Waals surface area contributed by atoms with Gasteiger partial charge in [-0.2, -0.15) is 0 Å². The molecule has 2 aromatic rings. The maximum atomic E-state index is 11.8. The predicted molar refractivity (Wildman–Crippen MR) is 109 cm³/mol. The van der Waals surface area contributed by atoms with Crippen LogP contribution in [-0.4, -0.2) is 40.3 Å². The Labute approximate surface area is 164 Å². The van der Waals surface area contributed by atoms with Gasteiger partial charge < -0.3 is 20.8 Å². The lowest BCUT2D eigenvalue weighted by molar-refractivity contribution is -0.139. The van der Waals surface area contributed by atoms with Crippen molar-refractivity contribution in [3.8, 4) is 5.75 Å². The van der Waals surface area contributed by atoms with Gasteiger partial charge in [0.1, 0.15) is 11.8 Å². The number of piperidine rings is 1. The number of phenolic OH excluding ortho intramolecular Hbond substituents is 1. The van der Waals surface area contributed by atoms with E-state index in [2.05, 4.69) is 22.8 Å². The lowest BCUT2D eigenvalue weighted by Crippen LogP contribution is -2.56. The van der Waals surface area contributed by atoms with E-state index < -0.39 is 17.4 Å². The van der Waals surface area contributed by atoms with Crippen molar-refractivity contribution in [2.45, 2.75) is 30.7 Å². The van der Waals surface area contributed by atoms with Gasteiger partial charge in [-0.3, -0.25) is 0 Å². The van der Waals surface area contributed by atoms with Gasteiger partial charge in [0.2, 0.25) is 0 Å². The molecule has 0 amide bonds. The first kappa shape index (κ1) is 19.3. The molecule has 0 radical (unpaired) electrons. The van der Waals surface area contributed by atoms with Gasteiger partial charge >= 0.3 is 5.97 Å². The summed E-state index contributed by atoms with van der Waals surface area (Å²) < 4.78 is 0. The molecular weight excluding hydrogens is 360 g/mol. The molecule has 1 heterocycles. The topological polar surface area (TPSA) is 81.6 Å². The molecule has 142 valence electrons. The third-order valence-electron chi connectivity index (χ3n) is 5.12. The Morgan fingerprint density at radius 2 is 1.89 bits per heavy atom. The van der Waals surface area contributed by atoms with Crippen LogP contribution in [0, 0.1) is 0 Å². The van der Waals surface area contributed by atoms with E-state index in [-0.39, 0.29) is 12.2 Å². The second kappa shape index (κ2) is 8.50. The molecule has 4 N–H and O–H groups in total. The van der Waals surface area contributed by atoms with E-state index in [0.29, 0.717) is 11.5 Å². The van der Waals surface area contributed by atoms with Gasteiger partial charge in [-0.25, -0.2) is 4.79 Å². The minimum atomic E-state index is -0.947. The number of phenols is 1. The number of aromatic hydroxyl groups is 1. The molecule has 5 nitrogen and oxygen atoms in total. The maximum absolute atomic E-state index is 11.8. The highest BCUT2D eigenvalue weighted by molar-refractivity contribution is 7.80. The summed E-state index contributed by atoms with van der Waals surface area (Å²) in [6.45, 7) is 1.63. The van der Waals surface area contributed by atoms with Crippen LogP contribution in [-0.2, 0) is 16.6 Å². The molecule has 1 unspecified atom stereocenters. The number of benzene rings is 2. The van der Waals surface area contributed by atoms with Crippen LogP contribution < -0.4 is 10.6 Å². The van der Waals surface area contributed by atoms with Crippen molar-refractivity contribution in [3.63, 3.8) is 0 Å². The van der Waals surface area contributed by atoms with Crippen molar-refractivity contribution in [2.24, 2.45) is 0 Å². The number of carboxylic acid groups (broad SMARTS) is 1. The average Bonchev–Trinajstić information content (AvgIpc) is 2.70. The van der Waals surface area contributed by atoms with E-state index in [0.717, 1.165) is 30.5 Å². The highest BCUT2D eigenvalue weighted by Crippen LogP contribution is 2.32. The quantitative estimate of drug-likeness (QED) is 0.573. The molecule has 0 aliphatic carbocycles. The van der Waals surface area contributed by atoms with Crippen molar-refractivity contribution < 1.29 is 15.0 Å². The van der Waals surface area contributed by atoms with E-state index in [1.165, 1.54) is 0 Å². The van der Waals surface area contributed by atoms with Crippen molar-refractivity contribution in [1.82, 2.24) is 10.6 Å². The highest BCUT2D eigenvalue weighted by atomic mass is 32.1. The zero-order valence-electron chi connectivity index (χ0n) is 15.0. The number of rotatable bonds is 6. The second-order valence-corrected chi connectivity index (χ2v) is 7.37. The van der Waals surface area contributed by atoms with Gasteiger partial charge in [0.05, 0.1) is 10.4 Å². The fourth-order valence-electron chi connectivity index (χ4n) is 3.60. The third-order valence-corrected chi connectivity index (χ3v) is 5.63. The maximum Gasteiger partial charge on any atom is 0.326 e. The lowest BCUT2D eigenvalue weighted by Gasteiger charge is -2.40. The van der Waals surface area contributed by atoms with Crippen LogP contribution in [0.3, 0.4) is 0 Å². The van der Waals surface area contributed by atoms with Gasteiger partial charge in [-0.1, -0.05) is 54.7 Å². The second-order valence-electron chi connectivity index (χ2n) is 6.96. The molecule has 1 fully saturated rings. The SMILES string of the molecule is O=C(O)[C@H](Cc1ccc(O)cc1)NC(=S)C1(c2ccccc2)CCCNC1. The van der Waals surface area contributed by atoms with E-state index >= 15 is 0 Å². The lowest BCUT2D eigenvalue weighted by atomic mass is 9.74. The summed E-state index contributed by atoms with van der Waals surface area (Å²) in [6.07, 6.45) is 2.14. The monoisotopic (exact) mass is 384 g/mol. The molecule has 0 saturated carbocycles. The number of hydrogen-bond acceptors (Lipinski definition) is 4. The zero-order valence-corrected chi connectivity index (χ0v) is 15.8. The third kappa shape index (κ3) is 4.46. The molecular formula is C21H24N2O3S. The normalized spacial score (nSPS) is 20.6. The van der Waals surface area contributed by atoms with Gasteiger partial charge in [0.25, 0.3) is 0 Å². The van der Waals surface area contributed by atoms with Crippen LogP contribution >= 0.6 is 12.2 Å². The van der Waals surface area contributed by atoms with Crippen LogP contribution in [0.4, 0.5) is 0 Å². The molecule has 0 aromatic heterocycles. The molecule has 2 atom stereocenters. The summed E-state index contributed by atoms with van der Waals surface area (Å²) in [5, 5.41) is 25.6. The highest BCUT2D eigenvalue weighted by Gasteiger charge is 2.39. The molecule has 27 heavy (non-hydrogen) atoms. The summed E-state index contributed by atoms with van der Waals surface area (Å²) in [5.74, 6) is -0.789. The molecule has 0 bridgehead atoms. The fourth-order valence-corrected chi connectivity index (χ4v) is 4.03. The molecule has 1 aliphatic heterocycles. The Hall–Kier alpha value is -2.44. The van der Waals surface area contributed by atoms with Crippen molar-refractivity contribution >= 4 is 23.2 Å². The van der Waals surface area contributed by atoms with Gasteiger partial charge in [0.15, 0.2) is 0 Å². The fraction of sp³-hybridized carbons (Fsp3) is 0.333. The summed E-state index contributed by atoms with van der Waals surface area (Å²) in [7, 11) is 0. The minimum Gasteiger partial charge on any atom is -0.508 e. The predicted octanol–water partition coefficient (Wildman–Crippen LogP) is 2.63. The number of hydrogen-bond donors (Lipinski definition) is 4. The van der Waals surface area contributed by atoms with Gasteiger partial charge in [0, 0.05) is 13.0 Å². The van der Waals surface area contributed by atoms with Crippen LogP contribution in [0.5, 0.6) is 5.75 Å². The minimum absolute atomic E-state index is 0.158. The van der Waals surface area contributed by atoms with E-state index in [4.69, 9.17) is 12.2 Å². The standard InChI is InChI=1S/C21H24N2O3S/c24-17-9-7-15(8-10-17)13-18(19(25)26)23-20(27)21(11-4-12-22-14-21)16-5-2-1-3-6-16/h1-3,5-10,18,22,24H,4,11-14H2,(H,23,27)(H,25,26)/t18-,21?/m0/s1. The Balaban J connectivity index is 1.82. The zero-order chi connectivity index (χ0) is 19.3. The van der Waals surface area contributed by atoms with Crippen molar-refractivity contribution in [3.05, 3.63) is 65.7 Å². The first-order chi connectivity index (χ1) is 13.0. The Morgan fingerprint density at radius 3 is 2.48 bits per heavy atom. The van der Waals surface area contributed by atoms with E-state index in [1.807, 2.05) is 18.2 Å². The summed E-state index contributed by atoms with van der Waals surface area (Å²) in [4.78, 5) is 12.4. The van der Waals surface area contributed by atoms with E-state index in [1.54, 1.807) is 24.3 Å². The smallest absolute Gasteiger partial charge is 0.326 e. The summed E-state index contributed by atoms with van der Waals surface area (Å²) >= 11 is 5.75. The summed E-state index contributed by atoms with van der Waals surface area (Å²) in [5.41, 5.74) is 1.52. The number of thiocarbonyl (C=S) groups is 1. The number of carbonyl (C=O) groups is 1. The Bertz CT molecular complexity index is 787. The molecule has 2 aromatic carbocycles. The number of aliphatic carboxylic acids is 1. The number of carboxylic acids is 1. The molecule has 3 rings (SSSR count). The molecule has 1 aliphatic rings. The molecule has 0 spiro atoms. The number of nitrogens with one attached hydrogen (secondary N) is 2. The van der Waals surface area contributed by atoms with Crippen LogP contribution in [0.1, 0.15) is 24.0 Å². The van der Waals surface area contributed by atoms with Crippen LogP contribution in [0.15, 0.2) is 54.6 Å². The Kier molecular flexibility index (Phi) is 6.08. The first-order valence-electron chi connectivity index (χ1n) is 9.09. The molecule has 6 heteroatoms. The van der Waals surface area contributed by atoms with Gasteiger partial charge in [-0.05, 0) is 42.6 Å².